The summed E-state index contributed by atoms with van der Waals surface area (Å²) in [4.78, 5) is 5.90. The van der Waals surface area contributed by atoms with Crippen molar-refractivity contribution in [2.24, 2.45) is 5.92 Å². The molecule has 2 aliphatic rings. The molecular weight excluding hydrogens is 447 g/mol. The lowest BCUT2D eigenvalue weighted by atomic mass is 9.86. The van der Waals surface area contributed by atoms with Gasteiger partial charge in [-0.1, -0.05) is 36.4 Å². The van der Waals surface area contributed by atoms with E-state index in [0.29, 0.717) is 0 Å². The molecule has 1 N–H and O–H groups in total. The van der Waals surface area contributed by atoms with Gasteiger partial charge in [0.05, 0.1) is 13.8 Å². The van der Waals surface area contributed by atoms with Gasteiger partial charge >= 0.3 is 0 Å². The molecule has 0 bridgehead atoms. The molecule has 0 unspecified atom stereocenters. The van der Waals surface area contributed by atoms with E-state index >= 15 is 0 Å². The van der Waals surface area contributed by atoms with Gasteiger partial charge in [-0.2, -0.15) is 0 Å². The first-order valence-corrected chi connectivity index (χ1v) is 13.0. The van der Waals surface area contributed by atoms with Crippen LogP contribution in [-0.2, 0) is 13.0 Å². The zero-order chi connectivity index (χ0) is 24.6. The standard InChI is InChI=1S/C32H33FN2O/c1-21-6-3-4-8-28(21)30-9-5-7-23-16-27(36-2)11-12-29(23)32(30)24-10-13-31-25(14-24)15-26(34-31)20-35-18-22(17-33)19-35/h3-4,6,8,10-16,22,34H,5,7,9,17-20H2,1-2H3. The lowest BCUT2D eigenvalue weighted by Gasteiger charge is -2.37. The number of nitrogens with zero attached hydrogens (tertiary/aromatic N) is 1. The van der Waals surface area contributed by atoms with Crippen LogP contribution >= 0.6 is 0 Å². The predicted octanol–water partition coefficient (Wildman–Crippen LogP) is 7.18. The van der Waals surface area contributed by atoms with Crippen LogP contribution in [0.4, 0.5) is 4.39 Å². The van der Waals surface area contributed by atoms with Gasteiger partial charge < -0.3 is 9.72 Å². The molecule has 2 heterocycles. The largest absolute Gasteiger partial charge is 0.497 e. The Kier molecular flexibility index (Phi) is 6.14. The van der Waals surface area contributed by atoms with Crippen LogP contribution in [0.1, 0.15) is 46.4 Å². The molecule has 0 radical (unpaired) electrons. The Hall–Kier alpha value is -3.37. The molecule has 1 saturated heterocycles. The highest BCUT2D eigenvalue weighted by Crippen LogP contribution is 2.42. The minimum Gasteiger partial charge on any atom is -0.497 e. The highest BCUT2D eigenvalue weighted by molar-refractivity contribution is 6.02. The van der Waals surface area contributed by atoms with Gasteiger partial charge in [0.2, 0.25) is 0 Å². The zero-order valence-electron chi connectivity index (χ0n) is 21.1. The minimum atomic E-state index is -0.210. The fourth-order valence-electron chi connectivity index (χ4n) is 5.98. The molecule has 36 heavy (non-hydrogen) atoms. The van der Waals surface area contributed by atoms with E-state index in [-0.39, 0.29) is 12.6 Å². The van der Waals surface area contributed by atoms with Crippen LogP contribution in [0.5, 0.6) is 5.75 Å². The number of fused-ring (bicyclic) bond motifs is 2. The van der Waals surface area contributed by atoms with Crippen molar-refractivity contribution in [1.82, 2.24) is 9.88 Å². The van der Waals surface area contributed by atoms with Crippen LogP contribution in [0.2, 0.25) is 0 Å². The summed E-state index contributed by atoms with van der Waals surface area (Å²) in [5.74, 6) is 1.13. The number of nitrogens with one attached hydrogen (secondary N) is 1. The van der Waals surface area contributed by atoms with Crippen LogP contribution in [0.15, 0.2) is 66.7 Å². The molecule has 4 heteroatoms. The van der Waals surface area contributed by atoms with Gasteiger partial charge in [0.25, 0.3) is 0 Å². The topological polar surface area (TPSA) is 28.3 Å². The number of halogens is 1. The summed E-state index contributed by atoms with van der Waals surface area (Å²) in [6, 6.07) is 24.4. The second kappa shape index (κ2) is 9.59. The van der Waals surface area contributed by atoms with Gasteiger partial charge in [-0.15, -0.1) is 0 Å². The summed E-state index contributed by atoms with van der Waals surface area (Å²) in [5.41, 5.74) is 11.7. The molecule has 0 amide bonds. The predicted molar refractivity (Wildman–Crippen MR) is 146 cm³/mol. The summed E-state index contributed by atoms with van der Waals surface area (Å²) in [7, 11) is 1.74. The second-order valence-electron chi connectivity index (χ2n) is 10.4. The number of ether oxygens (including phenoxy) is 1. The normalized spacial score (nSPS) is 16.6. The van der Waals surface area contributed by atoms with E-state index in [2.05, 4.69) is 83.5 Å². The minimum absolute atomic E-state index is 0.210. The molecule has 3 aromatic carbocycles. The van der Waals surface area contributed by atoms with E-state index in [1.165, 1.54) is 50.0 Å². The Morgan fingerprint density at radius 2 is 1.83 bits per heavy atom. The number of alkyl halides is 1. The lowest BCUT2D eigenvalue weighted by molar-refractivity contribution is 0.0728. The smallest absolute Gasteiger partial charge is 0.119 e. The van der Waals surface area contributed by atoms with E-state index in [1.54, 1.807) is 7.11 Å². The number of H-pyrrole nitrogens is 1. The van der Waals surface area contributed by atoms with Crippen molar-refractivity contribution < 1.29 is 9.13 Å². The number of benzene rings is 3. The quantitative estimate of drug-likeness (QED) is 0.317. The average Bonchev–Trinajstić information content (AvgIpc) is 3.18. The van der Waals surface area contributed by atoms with Crippen LogP contribution < -0.4 is 4.74 Å². The van der Waals surface area contributed by atoms with Gasteiger partial charge in [-0.3, -0.25) is 9.29 Å². The Morgan fingerprint density at radius 1 is 0.972 bits per heavy atom. The number of methoxy groups -OCH3 is 1. The third-order valence-electron chi connectivity index (χ3n) is 7.84. The monoisotopic (exact) mass is 480 g/mol. The molecular formula is C32H33FN2O. The van der Waals surface area contributed by atoms with E-state index in [1.807, 2.05) is 0 Å². The molecule has 1 fully saturated rings. The third kappa shape index (κ3) is 4.24. The first kappa shape index (κ1) is 23.1. The molecule has 4 aromatic rings. The molecule has 1 aromatic heterocycles. The molecule has 1 aliphatic heterocycles. The number of rotatable bonds is 6. The maximum absolute atomic E-state index is 12.8. The van der Waals surface area contributed by atoms with Gasteiger partial charge in [0.1, 0.15) is 5.75 Å². The van der Waals surface area contributed by atoms with Crippen molar-refractivity contribution in [3.05, 3.63) is 100 Å². The molecule has 3 nitrogen and oxygen atoms in total. The number of hydrogen-bond donors (Lipinski definition) is 1. The van der Waals surface area contributed by atoms with E-state index < -0.39 is 0 Å². The number of likely N-dealkylation sites (tertiary alicyclic amines) is 1. The summed E-state index contributed by atoms with van der Waals surface area (Å²) < 4.78 is 18.4. The molecule has 0 spiro atoms. The molecule has 0 saturated carbocycles. The number of aromatic amines is 1. The number of aromatic nitrogens is 1. The molecule has 6 rings (SSSR count). The lowest BCUT2D eigenvalue weighted by Crippen LogP contribution is -2.46. The fourth-order valence-corrected chi connectivity index (χ4v) is 5.98. The van der Waals surface area contributed by atoms with Crippen molar-refractivity contribution in [1.29, 1.82) is 0 Å². The van der Waals surface area contributed by atoms with Crippen LogP contribution in [-0.4, -0.2) is 36.8 Å². The van der Waals surface area contributed by atoms with E-state index in [0.717, 1.165) is 50.2 Å². The Labute approximate surface area is 212 Å². The van der Waals surface area contributed by atoms with Gasteiger partial charge in [0.15, 0.2) is 0 Å². The molecule has 184 valence electrons. The Bertz CT molecular complexity index is 1440. The molecule has 0 atom stereocenters. The van der Waals surface area contributed by atoms with Crippen molar-refractivity contribution in [3.8, 4) is 5.75 Å². The number of allylic oxidation sites excluding steroid dienone is 1. The zero-order valence-corrected chi connectivity index (χ0v) is 21.1. The first-order chi connectivity index (χ1) is 17.6. The summed E-state index contributed by atoms with van der Waals surface area (Å²) >= 11 is 0. The number of hydrogen-bond acceptors (Lipinski definition) is 2. The SMILES string of the molecule is COc1ccc2c(c1)CCCC(c1ccccc1C)=C2c1ccc2[nH]c(CN3CC(CF)C3)cc2c1. The van der Waals surface area contributed by atoms with Crippen molar-refractivity contribution in [3.63, 3.8) is 0 Å². The first-order valence-electron chi connectivity index (χ1n) is 13.0. The highest BCUT2D eigenvalue weighted by atomic mass is 19.1. The van der Waals surface area contributed by atoms with E-state index in [4.69, 9.17) is 4.74 Å². The summed E-state index contributed by atoms with van der Waals surface area (Å²) in [6.45, 7) is 4.55. The number of aryl methyl sites for hydroxylation is 2. The maximum atomic E-state index is 12.8. The second-order valence-corrected chi connectivity index (χ2v) is 10.4. The van der Waals surface area contributed by atoms with Crippen LogP contribution in [0.3, 0.4) is 0 Å². The van der Waals surface area contributed by atoms with E-state index in [9.17, 15) is 4.39 Å². The van der Waals surface area contributed by atoms with Gasteiger partial charge in [-0.25, -0.2) is 0 Å². The van der Waals surface area contributed by atoms with Crippen molar-refractivity contribution >= 4 is 22.0 Å². The summed E-state index contributed by atoms with van der Waals surface area (Å²) in [6.07, 6.45) is 3.19. The average molecular weight is 481 g/mol. The van der Waals surface area contributed by atoms with Crippen LogP contribution in [0.25, 0.3) is 22.0 Å². The summed E-state index contributed by atoms with van der Waals surface area (Å²) in [5, 5.41) is 1.22. The third-order valence-corrected chi connectivity index (χ3v) is 7.84. The molecule has 1 aliphatic carbocycles. The van der Waals surface area contributed by atoms with Crippen molar-refractivity contribution in [2.75, 3.05) is 26.9 Å². The fraction of sp³-hybridized carbons (Fsp3) is 0.312. The van der Waals surface area contributed by atoms with Gasteiger partial charge in [-0.05, 0) is 95.5 Å². The Morgan fingerprint density at radius 3 is 2.64 bits per heavy atom. The maximum Gasteiger partial charge on any atom is 0.119 e. The highest BCUT2D eigenvalue weighted by Gasteiger charge is 2.27. The van der Waals surface area contributed by atoms with Crippen LogP contribution in [0, 0.1) is 12.8 Å². The van der Waals surface area contributed by atoms with Crippen molar-refractivity contribution in [2.45, 2.75) is 32.7 Å². The van der Waals surface area contributed by atoms with Gasteiger partial charge in [0, 0.05) is 42.1 Å². The Balaban J connectivity index is 1.46.